The predicted molar refractivity (Wildman–Crippen MR) is 174 cm³/mol. The number of carbonyl (C=O) groups excluding carboxylic acids is 2. The summed E-state index contributed by atoms with van der Waals surface area (Å²) in [5.41, 5.74) is 0.447. The summed E-state index contributed by atoms with van der Waals surface area (Å²) in [6.07, 6.45) is -5.27. The smallest absolute Gasteiger partial charge is 0.416 e. The van der Waals surface area contributed by atoms with E-state index in [0.717, 1.165) is 18.2 Å². The van der Waals surface area contributed by atoms with Crippen molar-refractivity contribution in [2.75, 3.05) is 36.4 Å². The average molecular weight is 699 g/mol. The van der Waals surface area contributed by atoms with Crippen molar-refractivity contribution in [2.24, 2.45) is 0 Å². The Kier molecular flexibility index (Phi) is 10.3. The van der Waals surface area contributed by atoms with Crippen LogP contribution >= 0.6 is 0 Å². The van der Waals surface area contributed by atoms with Crippen LogP contribution in [0.1, 0.15) is 31.9 Å². The summed E-state index contributed by atoms with van der Waals surface area (Å²) in [7, 11) is 0. The van der Waals surface area contributed by atoms with Gasteiger partial charge in [-0.05, 0) is 87.0 Å². The average Bonchev–Trinajstić information content (AvgIpc) is 3.53. The second kappa shape index (κ2) is 14.4. The molecule has 1 atom stereocenters. The number of amides is 3. The molecule has 3 amide bonds. The van der Waals surface area contributed by atoms with Crippen LogP contribution in [0.25, 0.3) is 22.8 Å². The zero-order valence-electron chi connectivity index (χ0n) is 27.3. The fourth-order valence-electron chi connectivity index (χ4n) is 5.14. The Morgan fingerprint density at radius 3 is 2.20 bits per heavy atom. The number of nitrogens with one attached hydrogen (secondary N) is 2. The molecule has 264 valence electrons. The number of anilines is 2. The summed E-state index contributed by atoms with van der Waals surface area (Å²) in [6, 6.07) is 13.2. The Labute approximate surface area is 284 Å². The topological polar surface area (TPSA) is 150 Å². The number of carbonyl (C=O) groups is 3. The fourth-order valence-corrected chi connectivity index (χ4v) is 5.14. The zero-order valence-corrected chi connectivity index (χ0v) is 27.3. The number of urea groups is 1. The summed E-state index contributed by atoms with van der Waals surface area (Å²) in [5, 5.41) is 18.7. The molecule has 1 aliphatic heterocycles. The van der Waals surface area contributed by atoms with E-state index in [4.69, 9.17) is 9.26 Å². The number of halogens is 4. The first-order valence-electron chi connectivity index (χ1n) is 15.5. The second-order valence-corrected chi connectivity index (χ2v) is 12.5. The van der Waals surface area contributed by atoms with Crippen LogP contribution in [-0.4, -0.2) is 76.1 Å². The van der Waals surface area contributed by atoms with E-state index >= 15 is 4.39 Å². The zero-order chi connectivity index (χ0) is 36.2. The first-order valence-corrected chi connectivity index (χ1v) is 15.5. The van der Waals surface area contributed by atoms with Gasteiger partial charge in [-0.25, -0.2) is 18.8 Å². The number of carboxylic acids is 1. The molecule has 1 aromatic heterocycles. The van der Waals surface area contributed by atoms with Crippen molar-refractivity contribution in [3.8, 4) is 22.8 Å². The fraction of sp³-hybridized carbons (Fsp3) is 0.324. The van der Waals surface area contributed by atoms with Crippen LogP contribution in [0.3, 0.4) is 0 Å². The van der Waals surface area contributed by atoms with Gasteiger partial charge in [0.05, 0.1) is 11.1 Å². The van der Waals surface area contributed by atoms with Gasteiger partial charge in [-0.3, -0.25) is 5.32 Å². The highest BCUT2D eigenvalue weighted by atomic mass is 19.4. The molecule has 0 radical (unpaired) electrons. The highest BCUT2D eigenvalue weighted by molar-refractivity contribution is 5.85. The van der Waals surface area contributed by atoms with Crippen molar-refractivity contribution in [3.63, 3.8) is 0 Å². The maximum atomic E-state index is 15.2. The largest absolute Gasteiger partial charge is 0.480 e. The number of ether oxygens (including phenoxy) is 1. The van der Waals surface area contributed by atoms with E-state index in [-0.39, 0.29) is 36.8 Å². The first-order chi connectivity index (χ1) is 23.6. The normalized spacial score (nSPS) is 14.2. The third kappa shape index (κ3) is 9.06. The molecule has 16 heteroatoms. The van der Waals surface area contributed by atoms with Gasteiger partial charge in [0.2, 0.25) is 5.82 Å². The van der Waals surface area contributed by atoms with E-state index in [1.807, 2.05) is 4.90 Å². The van der Waals surface area contributed by atoms with Crippen LogP contribution < -0.4 is 15.5 Å². The van der Waals surface area contributed by atoms with Crippen molar-refractivity contribution in [3.05, 3.63) is 83.7 Å². The molecular formula is C34H34F4N6O6. The number of aromatic nitrogens is 2. The molecule has 4 aromatic rings. The van der Waals surface area contributed by atoms with E-state index in [1.54, 1.807) is 45.0 Å². The summed E-state index contributed by atoms with van der Waals surface area (Å²) in [6.45, 7) is 6.33. The molecule has 3 aromatic carbocycles. The molecule has 12 nitrogen and oxygen atoms in total. The first kappa shape index (κ1) is 35.6. The number of aliphatic carboxylic acids is 1. The van der Waals surface area contributed by atoms with E-state index < -0.39 is 47.3 Å². The maximum absolute atomic E-state index is 15.2. The highest BCUT2D eigenvalue weighted by Gasteiger charge is 2.31. The number of carboxylic acid groups (broad SMARTS) is 1. The third-order valence-electron chi connectivity index (χ3n) is 7.64. The van der Waals surface area contributed by atoms with Gasteiger partial charge in [-0.15, -0.1) is 0 Å². The minimum absolute atomic E-state index is 0.00814. The van der Waals surface area contributed by atoms with Crippen LogP contribution in [0.5, 0.6) is 0 Å². The molecule has 0 saturated carbocycles. The molecule has 0 aliphatic carbocycles. The van der Waals surface area contributed by atoms with Crippen molar-refractivity contribution in [1.82, 2.24) is 20.4 Å². The number of nitrogens with zero attached hydrogens (tertiary/aromatic N) is 4. The molecule has 1 aliphatic rings. The molecule has 2 heterocycles. The van der Waals surface area contributed by atoms with Crippen molar-refractivity contribution in [1.29, 1.82) is 0 Å². The van der Waals surface area contributed by atoms with E-state index in [9.17, 15) is 32.7 Å². The highest BCUT2D eigenvalue weighted by Crippen LogP contribution is 2.31. The summed E-state index contributed by atoms with van der Waals surface area (Å²) < 4.78 is 64.4. The SMILES string of the molecule is CC(C)(C)OC(=O)Nc1ccc(-c2nc(-c3ccc(CC(NC(=O)N4CCN(c5ccc(C(F)(F)F)cc5)CC4)C(=O)O)cc3F)no2)cc1. The van der Waals surface area contributed by atoms with Gasteiger partial charge in [0.25, 0.3) is 5.89 Å². The minimum atomic E-state index is -4.44. The quantitative estimate of drug-likeness (QED) is 0.177. The number of benzene rings is 3. The van der Waals surface area contributed by atoms with Crippen molar-refractivity contribution in [2.45, 2.75) is 45.0 Å². The lowest BCUT2D eigenvalue weighted by atomic mass is 10.0. The monoisotopic (exact) mass is 698 g/mol. The number of piperazine rings is 1. The molecule has 1 saturated heterocycles. The molecule has 1 fully saturated rings. The Hall–Kier alpha value is -5.67. The molecule has 0 spiro atoms. The molecule has 50 heavy (non-hydrogen) atoms. The Balaban J connectivity index is 1.16. The van der Waals surface area contributed by atoms with Crippen LogP contribution in [0.15, 0.2) is 71.3 Å². The lowest BCUT2D eigenvalue weighted by Crippen LogP contribution is -2.55. The standard InChI is InChI=1S/C34H34F4N6O6/c1-33(2,3)49-32(48)39-23-9-5-21(6-10-23)29-41-28(42-50-29)25-13-4-20(18-26(25)35)19-27(30(45)46)40-31(47)44-16-14-43(15-17-44)24-11-7-22(8-12-24)34(36,37)38/h4-13,18,27H,14-17,19H2,1-3H3,(H,39,48)(H,40,47)(H,45,46). The van der Waals surface area contributed by atoms with Gasteiger partial charge >= 0.3 is 24.3 Å². The number of rotatable bonds is 8. The maximum Gasteiger partial charge on any atom is 0.416 e. The summed E-state index contributed by atoms with van der Waals surface area (Å²) in [5.74, 6) is -2.00. The van der Waals surface area contributed by atoms with Crippen molar-refractivity contribution < 1.29 is 46.3 Å². The van der Waals surface area contributed by atoms with Gasteiger partial charge in [0.15, 0.2) is 0 Å². The van der Waals surface area contributed by atoms with Gasteiger partial charge in [0.1, 0.15) is 17.5 Å². The van der Waals surface area contributed by atoms with E-state index in [1.165, 1.54) is 29.2 Å². The van der Waals surface area contributed by atoms with Gasteiger partial charge in [-0.2, -0.15) is 18.2 Å². The number of hydrogen-bond donors (Lipinski definition) is 3. The Morgan fingerprint density at radius 2 is 1.62 bits per heavy atom. The third-order valence-corrected chi connectivity index (χ3v) is 7.64. The van der Waals surface area contributed by atoms with E-state index in [2.05, 4.69) is 20.8 Å². The van der Waals surface area contributed by atoms with E-state index in [0.29, 0.717) is 35.6 Å². The van der Waals surface area contributed by atoms with Crippen LogP contribution in [-0.2, 0) is 22.1 Å². The lowest BCUT2D eigenvalue weighted by Gasteiger charge is -2.36. The van der Waals surface area contributed by atoms with Gasteiger partial charge in [0, 0.05) is 49.5 Å². The molecule has 0 bridgehead atoms. The van der Waals surface area contributed by atoms with Crippen LogP contribution in [0.4, 0.5) is 38.5 Å². The molecule has 3 N–H and O–H groups in total. The lowest BCUT2D eigenvalue weighted by molar-refractivity contribution is -0.139. The van der Waals surface area contributed by atoms with Crippen LogP contribution in [0, 0.1) is 5.82 Å². The Bertz CT molecular complexity index is 1830. The molecule has 1 unspecified atom stereocenters. The Morgan fingerprint density at radius 1 is 0.960 bits per heavy atom. The minimum Gasteiger partial charge on any atom is -0.480 e. The van der Waals surface area contributed by atoms with Gasteiger partial charge < -0.3 is 29.5 Å². The number of hydrogen-bond acceptors (Lipinski definition) is 8. The van der Waals surface area contributed by atoms with Crippen molar-refractivity contribution >= 4 is 29.5 Å². The predicted octanol–water partition coefficient (Wildman–Crippen LogP) is 6.44. The molecular weight excluding hydrogens is 664 g/mol. The summed E-state index contributed by atoms with van der Waals surface area (Å²) in [4.78, 5) is 44.5. The number of alkyl halides is 3. The van der Waals surface area contributed by atoms with Gasteiger partial charge in [-0.1, -0.05) is 11.2 Å². The van der Waals surface area contributed by atoms with Crippen LogP contribution in [0.2, 0.25) is 0 Å². The molecule has 5 rings (SSSR count). The second-order valence-electron chi connectivity index (χ2n) is 12.5. The summed E-state index contributed by atoms with van der Waals surface area (Å²) >= 11 is 0.